The fourth-order valence-electron chi connectivity index (χ4n) is 3.60. The van der Waals surface area contributed by atoms with Crippen molar-refractivity contribution in [2.45, 2.75) is 59.7 Å². The number of hydrogen-bond donors (Lipinski definition) is 1. The lowest BCUT2D eigenvalue weighted by atomic mass is 10.1. The Morgan fingerprint density at radius 1 is 1.29 bits per heavy atom. The van der Waals surface area contributed by atoms with E-state index in [1.54, 1.807) is 4.57 Å². The Balaban J connectivity index is 1.84. The summed E-state index contributed by atoms with van der Waals surface area (Å²) < 4.78 is 8.42. The van der Waals surface area contributed by atoms with Gasteiger partial charge in [-0.25, -0.2) is 4.98 Å². The molecule has 4 aromatic rings. The van der Waals surface area contributed by atoms with Gasteiger partial charge >= 0.3 is 0 Å². The predicted molar refractivity (Wildman–Crippen MR) is 117 cm³/mol. The van der Waals surface area contributed by atoms with Crippen LogP contribution in [0.2, 0.25) is 0 Å². The van der Waals surface area contributed by atoms with Crippen molar-refractivity contribution in [2.75, 3.05) is 0 Å². The fourth-order valence-corrected chi connectivity index (χ4v) is 3.60. The molecule has 0 saturated carbocycles. The minimum atomic E-state index is -0.258. The van der Waals surface area contributed by atoms with E-state index in [0.29, 0.717) is 29.2 Å². The second kappa shape index (κ2) is 8.33. The molecule has 0 unspecified atom stereocenters. The number of hydrogen-bond acceptors (Lipinski definition) is 6. The Kier molecular flexibility index (Phi) is 5.58. The van der Waals surface area contributed by atoms with Gasteiger partial charge in [-0.3, -0.25) is 14.2 Å². The van der Waals surface area contributed by atoms with Gasteiger partial charge < -0.3 is 14.4 Å². The maximum Gasteiger partial charge on any atom is 0.278 e. The molecule has 3 heterocycles. The lowest BCUT2D eigenvalue weighted by Gasteiger charge is -2.13. The van der Waals surface area contributed by atoms with E-state index >= 15 is 0 Å². The molecule has 1 amide bonds. The van der Waals surface area contributed by atoms with Gasteiger partial charge in [-0.15, -0.1) is 0 Å². The van der Waals surface area contributed by atoms with Crippen LogP contribution in [0.4, 0.5) is 0 Å². The number of aromatic nitrogens is 5. The summed E-state index contributed by atoms with van der Waals surface area (Å²) in [4.78, 5) is 34.9. The van der Waals surface area contributed by atoms with E-state index in [1.165, 1.54) is 10.9 Å². The molecule has 0 spiro atoms. The zero-order chi connectivity index (χ0) is 22.1. The number of nitrogens with one attached hydrogen (secondary N) is 1. The lowest BCUT2D eigenvalue weighted by molar-refractivity contribution is -0.122. The summed E-state index contributed by atoms with van der Waals surface area (Å²) in [5, 5.41) is 7.70. The smallest absolute Gasteiger partial charge is 0.278 e. The van der Waals surface area contributed by atoms with Crippen LogP contribution >= 0.6 is 0 Å². The average Bonchev–Trinajstić information content (AvgIpc) is 3.32. The van der Waals surface area contributed by atoms with Gasteiger partial charge in [0.15, 0.2) is 5.82 Å². The molecular formula is C22H26N6O3. The third-order valence-electron chi connectivity index (χ3n) is 5.44. The van der Waals surface area contributed by atoms with Crippen LogP contribution in [0.15, 0.2) is 33.8 Å². The zero-order valence-corrected chi connectivity index (χ0v) is 18.2. The molecule has 1 N–H and O–H groups in total. The summed E-state index contributed by atoms with van der Waals surface area (Å²) in [5.74, 6) is 0.782. The molecule has 9 nitrogen and oxygen atoms in total. The van der Waals surface area contributed by atoms with Crippen LogP contribution in [-0.2, 0) is 24.3 Å². The molecule has 9 heteroatoms. The summed E-state index contributed by atoms with van der Waals surface area (Å²) in [6.45, 7) is 8.04. The van der Waals surface area contributed by atoms with E-state index < -0.39 is 0 Å². The van der Waals surface area contributed by atoms with Gasteiger partial charge in [0.05, 0.1) is 11.8 Å². The standard InChI is InChI=1S/C22H26N6O3/c1-5-14(4)24-18(29)10-28-16-8-7-13(3)9-15(16)20-21(28)22(30)27(12-23-20)11-19-25-17(6-2)26-31-19/h7-9,12,14H,5-6,10-11H2,1-4H3,(H,24,29)/t14-/m0/s1. The van der Waals surface area contributed by atoms with Gasteiger partial charge in [0.25, 0.3) is 5.56 Å². The first-order valence-corrected chi connectivity index (χ1v) is 10.5. The summed E-state index contributed by atoms with van der Waals surface area (Å²) in [7, 11) is 0. The highest BCUT2D eigenvalue weighted by Crippen LogP contribution is 2.26. The van der Waals surface area contributed by atoms with Gasteiger partial charge in [0, 0.05) is 17.8 Å². The largest absolute Gasteiger partial charge is 0.352 e. The summed E-state index contributed by atoms with van der Waals surface area (Å²) in [6.07, 6.45) is 2.97. The van der Waals surface area contributed by atoms with E-state index in [2.05, 4.69) is 20.4 Å². The van der Waals surface area contributed by atoms with Crippen molar-refractivity contribution in [3.63, 3.8) is 0 Å². The second-order valence-electron chi connectivity index (χ2n) is 7.82. The highest BCUT2D eigenvalue weighted by Gasteiger charge is 2.20. The van der Waals surface area contributed by atoms with Gasteiger partial charge in [-0.05, 0) is 32.4 Å². The molecule has 0 aliphatic rings. The summed E-state index contributed by atoms with van der Waals surface area (Å²) in [5.41, 5.74) is 2.56. The molecule has 0 aliphatic carbocycles. The van der Waals surface area contributed by atoms with Crippen LogP contribution in [0.5, 0.6) is 0 Å². The van der Waals surface area contributed by atoms with Crippen molar-refractivity contribution in [1.82, 2.24) is 29.6 Å². The second-order valence-corrected chi connectivity index (χ2v) is 7.82. The molecule has 0 aliphatic heterocycles. The Morgan fingerprint density at radius 2 is 2.10 bits per heavy atom. The average molecular weight is 422 g/mol. The molecule has 0 saturated heterocycles. The number of rotatable bonds is 7. The first-order valence-electron chi connectivity index (χ1n) is 10.5. The minimum absolute atomic E-state index is 0.0366. The molecule has 31 heavy (non-hydrogen) atoms. The minimum Gasteiger partial charge on any atom is -0.352 e. The predicted octanol–water partition coefficient (Wildman–Crippen LogP) is 2.57. The van der Waals surface area contributed by atoms with E-state index in [4.69, 9.17) is 4.52 Å². The Morgan fingerprint density at radius 3 is 2.81 bits per heavy atom. The lowest BCUT2D eigenvalue weighted by Crippen LogP contribution is -2.35. The van der Waals surface area contributed by atoms with E-state index in [-0.39, 0.29) is 30.6 Å². The van der Waals surface area contributed by atoms with Crippen molar-refractivity contribution in [3.05, 3.63) is 52.2 Å². The van der Waals surface area contributed by atoms with Crippen LogP contribution < -0.4 is 10.9 Å². The van der Waals surface area contributed by atoms with Crippen LogP contribution in [0, 0.1) is 6.92 Å². The van der Waals surface area contributed by atoms with E-state index in [9.17, 15) is 9.59 Å². The zero-order valence-electron chi connectivity index (χ0n) is 18.2. The van der Waals surface area contributed by atoms with Gasteiger partial charge in [0.1, 0.15) is 24.1 Å². The van der Waals surface area contributed by atoms with Crippen LogP contribution in [-0.4, -0.2) is 36.2 Å². The molecule has 0 fully saturated rings. The molecule has 3 aromatic heterocycles. The fraction of sp³-hybridized carbons (Fsp3) is 0.409. The molecular weight excluding hydrogens is 396 g/mol. The topological polar surface area (TPSA) is 108 Å². The summed E-state index contributed by atoms with van der Waals surface area (Å²) in [6, 6.07) is 5.94. The summed E-state index contributed by atoms with van der Waals surface area (Å²) >= 11 is 0. The number of amides is 1. The third kappa shape index (κ3) is 3.95. The molecule has 162 valence electrons. The third-order valence-corrected chi connectivity index (χ3v) is 5.44. The maximum atomic E-state index is 13.4. The number of fused-ring (bicyclic) bond motifs is 3. The molecule has 0 radical (unpaired) electrons. The molecule has 1 atom stereocenters. The van der Waals surface area contributed by atoms with E-state index in [0.717, 1.165) is 22.9 Å². The van der Waals surface area contributed by atoms with Crippen molar-refractivity contribution < 1.29 is 9.32 Å². The maximum absolute atomic E-state index is 13.4. The Hall–Kier alpha value is -3.49. The number of carbonyl (C=O) groups excluding carboxylic acids is 1. The number of nitrogens with zero attached hydrogens (tertiary/aromatic N) is 5. The van der Waals surface area contributed by atoms with Gasteiger partial charge in [-0.1, -0.05) is 30.6 Å². The highest BCUT2D eigenvalue weighted by molar-refractivity contribution is 6.06. The molecule has 0 bridgehead atoms. The van der Waals surface area contributed by atoms with Gasteiger partial charge in [0.2, 0.25) is 11.8 Å². The molecule has 4 rings (SSSR count). The van der Waals surface area contributed by atoms with Crippen molar-refractivity contribution in [3.8, 4) is 0 Å². The van der Waals surface area contributed by atoms with Crippen molar-refractivity contribution in [1.29, 1.82) is 0 Å². The van der Waals surface area contributed by atoms with Crippen LogP contribution in [0.1, 0.15) is 44.5 Å². The first kappa shape index (κ1) is 20.8. The number of aryl methyl sites for hydroxylation is 2. The normalized spacial score (nSPS) is 12.5. The monoisotopic (exact) mass is 422 g/mol. The van der Waals surface area contributed by atoms with Crippen molar-refractivity contribution in [2.24, 2.45) is 0 Å². The van der Waals surface area contributed by atoms with Crippen LogP contribution in [0.3, 0.4) is 0 Å². The number of benzene rings is 1. The quantitative estimate of drug-likeness (QED) is 0.490. The first-order chi connectivity index (χ1) is 14.9. The van der Waals surface area contributed by atoms with Crippen LogP contribution in [0.25, 0.3) is 21.9 Å². The Bertz CT molecular complexity index is 1320. The number of carbonyl (C=O) groups is 1. The SMILES string of the molecule is CCc1noc(Cn2cnc3c4cc(C)ccc4n(CC(=O)N[C@@H](C)CC)c3c2=O)n1. The van der Waals surface area contributed by atoms with Gasteiger partial charge in [-0.2, -0.15) is 4.98 Å². The van der Waals surface area contributed by atoms with E-state index in [1.807, 2.05) is 45.9 Å². The molecule has 1 aromatic carbocycles. The Labute approximate surface area is 179 Å². The highest BCUT2D eigenvalue weighted by atomic mass is 16.5. The van der Waals surface area contributed by atoms with Crippen molar-refractivity contribution >= 4 is 27.8 Å².